The van der Waals surface area contributed by atoms with E-state index in [9.17, 15) is 4.79 Å². The van der Waals surface area contributed by atoms with E-state index < -0.39 is 8.32 Å². The van der Waals surface area contributed by atoms with Gasteiger partial charge in [0.15, 0.2) is 0 Å². The van der Waals surface area contributed by atoms with Crippen LogP contribution in [0, 0.1) is 5.92 Å². The molecule has 0 N–H and O–H groups in total. The van der Waals surface area contributed by atoms with Crippen LogP contribution < -0.4 is 10.4 Å². The summed E-state index contributed by atoms with van der Waals surface area (Å²) in [4.78, 5) is 10.9. The zero-order valence-electron chi connectivity index (χ0n) is 18.8. The summed E-state index contributed by atoms with van der Waals surface area (Å²) in [7, 11) is -2.50. The van der Waals surface area contributed by atoms with E-state index >= 15 is 0 Å². The van der Waals surface area contributed by atoms with Gasteiger partial charge in [-0.15, -0.1) is 0 Å². The number of benzene rings is 2. The van der Waals surface area contributed by atoms with Crippen LogP contribution in [0.4, 0.5) is 0 Å². The average Bonchev–Trinajstić information content (AvgIpc) is 2.74. The monoisotopic (exact) mass is 424 g/mol. The molecule has 0 aliphatic carbocycles. The first kappa shape index (κ1) is 22.9. The first-order chi connectivity index (χ1) is 14.4. The fourth-order valence-corrected chi connectivity index (χ4v) is 9.39. The molecule has 0 bridgehead atoms. The summed E-state index contributed by atoms with van der Waals surface area (Å²) in [6, 6.07) is 21.5. The lowest BCUT2D eigenvalue weighted by Gasteiger charge is -2.43. The first-order valence-corrected chi connectivity index (χ1v) is 13.1. The van der Waals surface area contributed by atoms with E-state index in [4.69, 9.17) is 9.16 Å². The van der Waals surface area contributed by atoms with Crippen molar-refractivity contribution in [3.8, 4) is 0 Å². The summed E-state index contributed by atoms with van der Waals surface area (Å²) < 4.78 is 13.3. The minimum absolute atomic E-state index is 0.0190. The van der Waals surface area contributed by atoms with Crippen LogP contribution in [0.25, 0.3) is 0 Å². The number of carbonyl (C=O) groups is 1. The highest BCUT2D eigenvalue weighted by molar-refractivity contribution is 6.99. The maximum absolute atomic E-state index is 10.9. The Labute approximate surface area is 182 Å². The van der Waals surface area contributed by atoms with Crippen LogP contribution in [0.1, 0.15) is 53.4 Å². The summed E-state index contributed by atoms with van der Waals surface area (Å²) in [5, 5.41) is 2.59. The van der Waals surface area contributed by atoms with Crippen molar-refractivity contribution in [1.82, 2.24) is 0 Å². The lowest BCUT2D eigenvalue weighted by atomic mass is 9.91. The lowest BCUT2D eigenvalue weighted by molar-refractivity contribution is -0.118. The summed E-state index contributed by atoms with van der Waals surface area (Å²) in [6.07, 6.45) is 4.66. The molecular weight excluding hydrogens is 388 g/mol. The lowest BCUT2D eigenvalue weighted by Crippen LogP contribution is -2.66. The Balaban J connectivity index is 1.86. The van der Waals surface area contributed by atoms with Crippen molar-refractivity contribution in [2.45, 2.75) is 70.6 Å². The van der Waals surface area contributed by atoms with Gasteiger partial charge in [0.25, 0.3) is 8.32 Å². The fraction of sp³-hybridized carbons (Fsp3) is 0.500. The van der Waals surface area contributed by atoms with Gasteiger partial charge in [0.05, 0.1) is 12.2 Å². The summed E-state index contributed by atoms with van der Waals surface area (Å²) >= 11 is 0. The van der Waals surface area contributed by atoms with Crippen molar-refractivity contribution in [2.75, 3.05) is 6.61 Å². The molecule has 3 rings (SSSR count). The molecule has 1 aliphatic rings. The van der Waals surface area contributed by atoms with Crippen LogP contribution in [0.2, 0.25) is 5.04 Å². The van der Waals surface area contributed by atoms with Crippen molar-refractivity contribution in [2.24, 2.45) is 5.92 Å². The number of hydrogen-bond acceptors (Lipinski definition) is 3. The van der Waals surface area contributed by atoms with E-state index in [1.54, 1.807) is 0 Å². The molecule has 1 saturated heterocycles. The van der Waals surface area contributed by atoms with E-state index in [1.807, 2.05) is 0 Å². The number of hydrogen-bond donors (Lipinski definition) is 0. The third-order valence-corrected chi connectivity index (χ3v) is 11.5. The molecule has 30 heavy (non-hydrogen) atoms. The zero-order chi connectivity index (χ0) is 21.6. The van der Waals surface area contributed by atoms with Gasteiger partial charge < -0.3 is 14.0 Å². The van der Waals surface area contributed by atoms with Gasteiger partial charge in [-0.05, 0) is 40.6 Å². The molecule has 0 saturated carbocycles. The van der Waals surface area contributed by atoms with E-state index in [2.05, 4.69) is 88.4 Å². The second-order valence-electron chi connectivity index (χ2n) is 9.55. The average molecular weight is 425 g/mol. The summed E-state index contributed by atoms with van der Waals surface area (Å²) in [5.41, 5.74) is 0. The van der Waals surface area contributed by atoms with E-state index in [0.29, 0.717) is 18.9 Å². The molecule has 4 heteroatoms. The maximum Gasteiger partial charge on any atom is 0.261 e. The van der Waals surface area contributed by atoms with Crippen molar-refractivity contribution >= 4 is 25.0 Å². The molecule has 1 heterocycles. The molecule has 3 nitrogen and oxygen atoms in total. The quantitative estimate of drug-likeness (QED) is 0.454. The van der Waals surface area contributed by atoms with Gasteiger partial charge >= 0.3 is 0 Å². The molecule has 3 atom stereocenters. The summed E-state index contributed by atoms with van der Waals surface area (Å²) in [5.74, 6) is 0.496. The standard InChI is InChI=1S/C26H36O3Si/c1-21-15-16-22(17-19-27)29-25(21)18-20-28-30(26(2,3)4,23-11-7-5-8-12-23)24-13-9-6-10-14-24/h5-14,19,21-22,25H,15-18,20H2,1-4H3/t21-,22-,25+/m0/s1. The number of carbonyl (C=O) groups excluding carboxylic acids is 1. The Morgan fingerprint density at radius 1 is 1.00 bits per heavy atom. The highest BCUT2D eigenvalue weighted by Gasteiger charge is 2.50. The zero-order valence-corrected chi connectivity index (χ0v) is 19.8. The van der Waals surface area contributed by atoms with Gasteiger partial charge in [-0.3, -0.25) is 0 Å². The molecule has 2 aromatic carbocycles. The first-order valence-electron chi connectivity index (χ1n) is 11.2. The minimum atomic E-state index is -2.50. The predicted molar refractivity (Wildman–Crippen MR) is 126 cm³/mol. The Morgan fingerprint density at radius 3 is 2.07 bits per heavy atom. The Kier molecular flexibility index (Phi) is 7.67. The van der Waals surface area contributed by atoms with E-state index in [0.717, 1.165) is 25.5 Å². The van der Waals surface area contributed by atoms with Crippen molar-refractivity contribution < 1.29 is 14.0 Å². The summed E-state index contributed by atoms with van der Waals surface area (Å²) in [6.45, 7) is 9.83. The minimum Gasteiger partial charge on any atom is -0.407 e. The highest BCUT2D eigenvalue weighted by atomic mass is 28.4. The number of rotatable bonds is 8. The molecule has 162 valence electrons. The largest absolute Gasteiger partial charge is 0.407 e. The third-order valence-electron chi connectivity index (χ3n) is 6.44. The van der Waals surface area contributed by atoms with Crippen molar-refractivity contribution in [3.63, 3.8) is 0 Å². The third kappa shape index (κ3) is 4.93. The van der Waals surface area contributed by atoms with Gasteiger partial charge in [-0.1, -0.05) is 88.4 Å². The van der Waals surface area contributed by atoms with Crippen LogP contribution in [-0.4, -0.2) is 33.4 Å². The molecule has 0 spiro atoms. The molecule has 0 aromatic heterocycles. The second-order valence-corrected chi connectivity index (χ2v) is 13.9. The molecule has 0 unspecified atom stereocenters. The molecule has 1 aliphatic heterocycles. The van der Waals surface area contributed by atoms with Crippen LogP contribution in [0.5, 0.6) is 0 Å². The number of ether oxygens (including phenoxy) is 1. The normalized spacial score (nSPS) is 22.6. The Morgan fingerprint density at radius 2 is 1.57 bits per heavy atom. The van der Waals surface area contributed by atoms with Crippen LogP contribution >= 0.6 is 0 Å². The van der Waals surface area contributed by atoms with Crippen molar-refractivity contribution in [1.29, 1.82) is 0 Å². The van der Waals surface area contributed by atoms with Crippen molar-refractivity contribution in [3.05, 3.63) is 60.7 Å². The van der Waals surface area contributed by atoms with Crippen LogP contribution in [0.3, 0.4) is 0 Å². The van der Waals surface area contributed by atoms with Gasteiger partial charge in [0, 0.05) is 13.0 Å². The highest BCUT2D eigenvalue weighted by Crippen LogP contribution is 2.37. The van der Waals surface area contributed by atoms with Gasteiger partial charge in [-0.25, -0.2) is 0 Å². The maximum atomic E-state index is 10.9. The predicted octanol–water partition coefficient (Wildman–Crippen LogP) is 4.73. The Bertz CT molecular complexity index is 745. The molecule has 0 amide bonds. The second kappa shape index (κ2) is 10.0. The van der Waals surface area contributed by atoms with Crippen LogP contribution in [-0.2, 0) is 14.0 Å². The number of aldehydes is 1. The SMILES string of the molecule is C[C@H]1CC[C@@H](CC=O)O[C@@H]1CCO[Si](c1ccccc1)(c1ccccc1)C(C)(C)C. The van der Waals surface area contributed by atoms with E-state index in [-0.39, 0.29) is 17.2 Å². The molecule has 2 aromatic rings. The molecule has 1 fully saturated rings. The van der Waals surface area contributed by atoms with Crippen LogP contribution in [0.15, 0.2) is 60.7 Å². The van der Waals surface area contributed by atoms with Gasteiger partial charge in [-0.2, -0.15) is 0 Å². The topological polar surface area (TPSA) is 35.5 Å². The van der Waals surface area contributed by atoms with Gasteiger partial charge in [0.2, 0.25) is 0 Å². The molecule has 0 radical (unpaired) electrons. The van der Waals surface area contributed by atoms with Gasteiger partial charge in [0.1, 0.15) is 6.29 Å². The Hall–Kier alpha value is -1.75. The molecular formula is C26H36O3Si. The smallest absolute Gasteiger partial charge is 0.261 e. The fourth-order valence-electron chi connectivity index (χ4n) is 4.81. The van der Waals surface area contributed by atoms with E-state index in [1.165, 1.54) is 10.4 Å².